The predicted octanol–water partition coefficient (Wildman–Crippen LogP) is 2.99. The maximum absolute atomic E-state index is 13.0. The Kier molecular flexibility index (Phi) is 6.28. The minimum atomic E-state index is -0.807. The zero-order chi connectivity index (χ0) is 19.4. The minimum absolute atomic E-state index is 0.0118. The molecule has 0 spiro atoms. The van der Waals surface area contributed by atoms with Crippen LogP contribution in [-0.4, -0.2) is 53.2 Å². The maximum Gasteiger partial charge on any atom is 0.290 e. The van der Waals surface area contributed by atoms with Gasteiger partial charge in [0.1, 0.15) is 0 Å². The molecular formula is C19H18ClNO5S. The lowest BCUT2D eigenvalue weighted by Crippen LogP contribution is -2.34. The summed E-state index contributed by atoms with van der Waals surface area (Å²) in [5.41, 5.74) is 0.566. The lowest BCUT2D eigenvalue weighted by atomic mass is 9.95. The van der Waals surface area contributed by atoms with Crippen molar-refractivity contribution in [3.05, 3.63) is 68.6 Å². The van der Waals surface area contributed by atoms with Crippen LogP contribution in [0.1, 0.15) is 21.3 Å². The average molecular weight is 408 g/mol. The first-order valence-electron chi connectivity index (χ1n) is 8.31. The number of amides is 1. The molecule has 3 rings (SSSR count). The van der Waals surface area contributed by atoms with E-state index in [-0.39, 0.29) is 31.9 Å². The number of benzene rings is 1. The Morgan fingerprint density at radius 3 is 2.67 bits per heavy atom. The summed E-state index contributed by atoms with van der Waals surface area (Å²) in [4.78, 5) is 27.5. The van der Waals surface area contributed by atoms with E-state index < -0.39 is 23.5 Å². The number of rotatable bonds is 8. The van der Waals surface area contributed by atoms with Gasteiger partial charge in [0.2, 0.25) is 5.78 Å². The number of thiophene rings is 1. The van der Waals surface area contributed by atoms with Crippen LogP contribution in [0.25, 0.3) is 0 Å². The molecule has 1 amide bonds. The SMILES string of the molecule is O=C(C1=C(O)C(=O)N(CCOCCO)[C@H]1c1ccccc1Cl)c1cccs1. The van der Waals surface area contributed by atoms with Crippen molar-refractivity contribution in [3.63, 3.8) is 0 Å². The molecule has 1 aromatic heterocycles. The molecule has 27 heavy (non-hydrogen) atoms. The number of ether oxygens (including phenoxy) is 1. The van der Waals surface area contributed by atoms with Crippen LogP contribution in [0, 0.1) is 0 Å². The Balaban J connectivity index is 2.00. The fourth-order valence-electron chi connectivity index (χ4n) is 3.01. The van der Waals surface area contributed by atoms with E-state index in [9.17, 15) is 14.7 Å². The van der Waals surface area contributed by atoms with Gasteiger partial charge in [0.05, 0.1) is 36.3 Å². The smallest absolute Gasteiger partial charge is 0.290 e. The Labute approximate surface area is 165 Å². The number of aliphatic hydroxyl groups excluding tert-OH is 2. The molecule has 1 aromatic carbocycles. The second-order valence-electron chi connectivity index (χ2n) is 5.83. The molecule has 0 saturated carbocycles. The largest absolute Gasteiger partial charge is 0.503 e. The summed E-state index contributed by atoms with van der Waals surface area (Å²) < 4.78 is 5.25. The molecule has 0 saturated heterocycles. The number of carbonyl (C=O) groups excluding carboxylic acids is 2. The van der Waals surface area contributed by atoms with Crippen molar-refractivity contribution in [1.82, 2.24) is 4.90 Å². The van der Waals surface area contributed by atoms with E-state index in [1.807, 2.05) is 0 Å². The fourth-order valence-corrected chi connectivity index (χ4v) is 3.92. The topological polar surface area (TPSA) is 87.1 Å². The van der Waals surface area contributed by atoms with Gasteiger partial charge in [-0.3, -0.25) is 9.59 Å². The third kappa shape index (κ3) is 3.91. The Morgan fingerprint density at radius 1 is 1.22 bits per heavy atom. The number of halogens is 1. The molecule has 0 fully saturated rings. The van der Waals surface area contributed by atoms with Crippen molar-refractivity contribution >= 4 is 34.6 Å². The molecule has 1 aliphatic heterocycles. The molecule has 6 nitrogen and oxygen atoms in total. The zero-order valence-corrected chi connectivity index (χ0v) is 15.9. The van der Waals surface area contributed by atoms with Crippen LogP contribution in [0.5, 0.6) is 0 Å². The van der Waals surface area contributed by atoms with Crippen molar-refractivity contribution in [3.8, 4) is 0 Å². The van der Waals surface area contributed by atoms with Crippen molar-refractivity contribution in [2.45, 2.75) is 6.04 Å². The third-order valence-corrected chi connectivity index (χ3v) is 5.42. The van der Waals surface area contributed by atoms with E-state index in [1.54, 1.807) is 41.8 Å². The molecule has 1 aliphatic rings. The van der Waals surface area contributed by atoms with Crippen molar-refractivity contribution in [2.24, 2.45) is 0 Å². The lowest BCUT2D eigenvalue weighted by Gasteiger charge is -2.27. The van der Waals surface area contributed by atoms with Crippen LogP contribution in [0.3, 0.4) is 0 Å². The first-order chi connectivity index (χ1) is 13.1. The summed E-state index contributed by atoms with van der Waals surface area (Å²) in [6, 6.07) is 9.48. The zero-order valence-electron chi connectivity index (χ0n) is 14.3. The molecule has 0 unspecified atom stereocenters. The van der Waals surface area contributed by atoms with Gasteiger partial charge < -0.3 is 19.8 Å². The molecule has 0 aliphatic carbocycles. The number of hydrogen-bond donors (Lipinski definition) is 2. The first kappa shape index (κ1) is 19.6. The Bertz CT molecular complexity index is 865. The molecule has 8 heteroatoms. The average Bonchev–Trinajstić information content (AvgIpc) is 3.28. The van der Waals surface area contributed by atoms with E-state index in [4.69, 9.17) is 21.4 Å². The third-order valence-electron chi connectivity index (χ3n) is 4.21. The number of carbonyl (C=O) groups is 2. The second-order valence-corrected chi connectivity index (χ2v) is 7.18. The first-order valence-corrected chi connectivity index (χ1v) is 9.57. The van der Waals surface area contributed by atoms with Crippen LogP contribution in [0.15, 0.2) is 53.1 Å². The Morgan fingerprint density at radius 2 is 2.00 bits per heavy atom. The summed E-state index contributed by atoms with van der Waals surface area (Å²) in [5, 5.41) is 21.4. The van der Waals surface area contributed by atoms with Crippen LogP contribution in [-0.2, 0) is 9.53 Å². The van der Waals surface area contributed by atoms with E-state index in [2.05, 4.69) is 0 Å². The van der Waals surface area contributed by atoms with E-state index >= 15 is 0 Å². The highest BCUT2D eigenvalue weighted by Crippen LogP contribution is 2.41. The van der Waals surface area contributed by atoms with Gasteiger partial charge in [-0.25, -0.2) is 0 Å². The minimum Gasteiger partial charge on any atom is -0.503 e. The maximum atomic E-state index is 13.0. The predicted molar refractivity (Wildman–Crippen MR) is 102 cm³/mol. The molecule has 2 N–H and O–H groups in total. The molecular weight excluding hydrogens is 390 g/mol. The van der Waals surface area contributed by atoms with Gasteiger partial charge in [-0.15, -0.1) is 11.3 Å². The molecule has 0 radical (unpaired) electrons. The second kappa shape index (κ2) is 8.67. The summed E-state index contributed by atoms with van der Waals surface area (Å²) in [7, 11) is 0. The summed E-state index contributed by atoms with van der Waals surface area (Å²) in [6.45, 7) is 0.299. The molecule has 2 aromatic rings. The standard InChI is InChI=1S/C19H18ClNO5S/c20-13-5-2-1-4-12(13)16-15(17(23)14-6-3-11-27-14)18(24)19(25)21(16)7-9-26-10-8-22/h1-6,11,16,22,24H,7-10H2/t16-/m0/s1. The van der Waals surface area contributed by atoms with Gasteiger partial charge in [0.15, 0.2) is 5.76 Å². The van der Waals surface area contributed by atoms with Crippen LogP contribution in [0.2, 0.25) is 5.02 Å². The fraction of sp³-hybridized carbons (Fsp3) is 0.263. The van der Waals surface area contributed by atoms with Gasteiger partial charge in [-0.2, -0.15) is 0 Å². The van der Waals surface area contributed by atoms with Crippen molar-refractivity contribution in [2.75, 3.05) is 26.4 Å². The van der Waals surface area contributed by atoms with Gasteiger partial charge in [-0.05, 0) is 23.1 Å². The monoisotopic (exact) mass is 407 g/mol. The number of nitrogens with zero attached hydrogens (tertiary/aromatic N) is 1. The number of Topliss-reactive ketones (excluding diaryl/α,β-unsaturated/α-hetero) is 1. The number of hydrogen-bond acceptors (Lipinski definition) is 6. The van der Waals surface area contributed by atoms with Gasteiger partial charge >= 0.3 is 0 Å². The van der Waals surface area contributed by atoms with E-state index in [0.717, 1.165) is 0 Å². The van der Waals surface area contributed by atoms with Crippen LogP contribution in [0.4, 0.5) is 0 Å². The van der Waals surface area contributed by atoms with E-state index in [1.165, 1.54) is 16.2 Å². The molecule has 1 atom stereocenters. The highest BCUT2D eigenvalue weighted by molar-refractivity contribution is 7.12. The number of ketones is 1. The highest BCUT2D eigenvalue weighted by Gasteiger charge is 2.44. The normalized spacial score (nSPS) is 17.0. The van der Waals surface area contributed by atoms with Crippen LogP contribution >= 0.6 is 22.9 Å². The number of aliphatic hydroxyl groups is 2. The van der Waals surface area contributed by atoms with Gasteiger partial charge in [0.25, 0.3) is 5.91 Å². The summed E-state index contributed by atoms with van der Waals surface area (Å²) in [6.07, 6.45) is 0. The quantitative estimate of drug-likeness (QED) is 0.519. The highest BCUT2D eigenvalue weighted by atomic mass is 35.5. The molecule has 2 heterocycles. The molecule has 0 bridgehead atoms. The lowest BCUT2D eigenvalue weighted by molar-refractivity contribution is -0.130. The van der Waals surface area contributed by atoms with E-state index in [0.29, 0.717) is 15.5 Å². The van der Waals surface area contributed by atoms with Crippen molar-refractivity contribution in [1.29, 1.82) is 0 Å². The summed E-state index contributed by atoms with van der Waals surface area (Å²) in [5.74, 6) is -1.62. The van der Waals surface area contributed by atoms with Crippen molar-refractivity contribution < 1.29 is 24.5 Å². The van der Waals surface area contributed by atoms with Gasteiger partial charge in [0, 0.05) is 11.6 Å². The molecule has 142 valence electrons. The Hall–Kier alpha value is -2.19. The summed E-state index contributed by atoms with van der Waals surface area (Å²) >= 11 is 7.57. The van der Waals surface area contributed by atoms with Crippen LogP contribution < -0.4 is 0 Å². The van der Waals surface area contributed by atoms with Gasteiger partial charge in [-0.1, -0.05) is 35.9 Å².